The number of hydrogen-bond acceptors (Lipinski definition) is 6. The molecule has 1 saturated heterocycles. The minimum absolute atomic E-state index is 0.0484. The van der Waals surface area contributed by atoms with E-state index in [0.717, 1.165) is 43.7 Å². The van der Waals surface area contributed by atoms with Gasteiger partial charge in [0, 0.05) is 13.1 Å². The summed E-state index contributed by atoms with van der Waals surface area (Å²) in [5.41, 5.74) is 1.72. The zero-order valence-corrected chi connectivity index (χ0v) is 20.1. The topological polar surface area (TPSA) is 62.3 Å². The molecule has 0 N–H and O–H groups in total. The van der Waals surface area contributed by atoms with Crippen molar-refractivity contribution in [3.63, 3.8) is 0 Å². The number of carbonyl (C=O) groups is 2. The van der Waals surface area contributed by atoms with Crippen LogP contribution in [0.5, 0.6) is 5.75 Å². The third kappa shape index (κ3) is 5.51. The lowest BCUT2D eigenvalue weighted by atomic mass is 10.00. The molecule has 32 heavy (non-hydrogen) atoms. The predicted octanol–water partition coefficient (Wildman–Crippen LogP) is 3.01. The van der Waals surface area contributed by atoms with Gasteiger partial charge in [0.1, 0.15) is 11.4 Å². The Balaban J connectivity index is 1.90. The molecule has 2 aliphatic heterocycles. The monoisotopic (exact) mass is 443 g/mol. The summed E-state index contributed by atoms with van der Waals surface area (Å²) in [6.07, 6.45) is 2.91. The Bertz CT molecular complexity index is 826. The molecular formula is C25H37N3O4. The zero-order valence-electron chi connectivity index (χ0n) is 20.1. The van der Waals surface area contributed by atoms with Crippen LogP contribution in [0.1, 0.15) is 45.6 Å². The minimum atomic E-state index is -0.251. The second-order valence-corrected chi connectivity index (χ2v) is 8.92. The molecule has 7 heteroatoms. The number of imide groups is 1. The van der Waals surface area contributed by atoms with Crippen molar-refractivity contribution in [3.05, 3.63) is 35.5 Å². The van der Waals surface area contributed by atoms with Gasteiger partial charge in [-0.3, -0.25) is 14.5 Å². The van der Waals surface area contributed by atoms with Crippen LogP contribution in [-0.4, -0.2) is 85.6 Å². The first kappa shape index (κ1) is 24.3. The maximum Gasteiger partial charge on any atom is 0.277 e. The average molecular weight is 444 g/mol. The third-order valence-corrected chi connectivity index (χ3v) is 6.11. The number of rotatable bonds is 10. The lowest BCUT2D eigenvalue weighted by Gasteiger charge is -2.36. The van der Waals surface area contributed by atoms with Crippen LogP contribution in [0.2, 0.25) is 0 Å². The Labute approximate surface area is 191 Å². The van der Waals surface area contributed by atoms with Gasteiger partial charge in [-0.25, -0.2) is 0 Å². The highest BCUT2D eigenvalue weighted by molar-refractivity contribution is 6.35. The van der Waals surface area contributed by atoms with Crippen LogP contribution in [0, 0.1) is 0 Å². The van der Waals surface area contributed by atoms with Crippen molar-refractivity contribution in [3.8, 4) is 5.75 Å². The number of amides is 2. The minimum Gasteiger partial charge on any atom is -0.494 e. The van der Waals surface area contributed by atoms with Crippen molar-refractivity contribution in [2.24, 2.45) is 0 Å². The zero-order chi connectivity index (χ0) is 23.3. The summed E-state index contributed by atoms with van der Waals surface area (Å²) in [4.78, 5) is 32.5. The van der Waals surface area contributed by atoms with Gasteiger partial charge in [0.2, 0.25) is 0 Å². The number of ether oxygens (including phenoxy) is 2. The highest BCUT2D eigenvalue weighted by Crippen LogP contribution is 2.34. The number of piperidine rings is 1. The van der Waals surface area contributed by atoms with E-state index in [1.54, 1.807) is 0 Å². The molecule has 0 unspecified atom stereocenters. The smallest absolute Gasteiger partial charge is 0.277 e. The predicted molar refractivity (Wildman–Crippen MR) is 125 cm³/mol. The van der Waals surface area contributed by atoms with E-state index in [-0.39, 0.29) is 30.5 Å². The maximum absolute atomic E-state index is 13.4. The molecular weight excluding hydrogens is 406 g/mol. The van der Waals surface area contributed by atoms with Crippen molar-refractivity contribution in [2.75, 3.05) is 46.9 Å². The van der Waals surface area contributed by atoms with Crippen LogP contribution in [0.3, 0.4) is 0 Å². The van der Waals surface area contributed by atoms with Crippen LogP contribution in [0.15, 0.2) is 30.0 Å². The van der Waals surface area contributed by atoms with E-state index < -0.39 is 0 Å². The Hall–Kier alpha value is -2.38. The first-order valence-corrected chi connectivity index (χ1v) is 11.7. The van der Waals surface area contributed by atoms with Crippen molar-refractivity contribution in [1.29, 1.82) is 0 Å². The van der Waals surface area contributed by atoms with E-state index in [0.29, 0.717) is 24.5 Å². The average Bonchev–Trinajstić information content (AvgIpc) is 3.02. The fraction of sp³-hybridized carbons (Fsp3) is 0.600. The number of likely N-dealkylation sites (tertiary alicyclic amines) is 1. The van der Waals surface area contributed by atoms with Crippen molar-refractivity contribution in [1.82, 2.24) is 14.7 Å². The molecule has 176 valence electrons. The van der Waals surface area contributed by atoms with E-state index in [4.69, 9.17) is 9.47 Å². The van der Waals surface area contributed by atoms with Gasteiger partial charge < -0.3 is 19.3 Å². The molecule has 1 fully saturated rings. The standard InChI is InChI=1S/C25H37N3O4/c1-6-16-32-21-9-7-19(8-10-21)22-23(27(5)20-11-13-26(4)14-12-20)25(30)28(24(22)29)15-17-31-18(2)3/h7-10,18,20H,6,11-17H2,1-5H3. The summed E-state index contributed by atoms with van der Waals surface area (Å²) in [6, 6.07) is 7.72. The first-order valence-electron chi connectivity index (χ1n) is 11.7. The lowest BCUT2D eigenvalue weighted by Crippen LogP contribution is -2.44. The summed E-state index contributed by atoms with van der Waals surface area (Å²) in [6.45, 7) is 9.14. The van der Waals surface area contributed by atoms with E-state index >= 15 is 0 Å². The molecule has 0 radical (unpaired) electrons. The van der Waals surface area contributed by atoms with Crippen LogP contribution in [0.4, 0.5) is 0 Å². The summed E-state index contributed by atoms with van der Waals surface area (Å²) >= 11 is 0. The SMILES string of the molecule is CCCOc1ccc(C2=C(N(C)C3CCN(C)CC3)C(=O)N(CCOC(C)C)C2=O)cc1. The third-order valence-electron chi connectivity index (χ3n) is 6.11. The molecule has 1 aromatic carbocycles. The number of likely N-dealkylation sites (N-methyl/N-ethyl adjacent to an activating group) is 1. The van der Waals surface area contributed by atoms with Gasteiger partial charge in [-0.1, -0.05) is 19.1 Å². The van der Waals surface area contributed by atoms with E-state index in [1.807, 2.05) is 50.1 Å². The van der Waals surface area contributed by atoms with E-state index in [2.05, 4.69) is 18.9 Å². The Kier molecular flexibility index (Phi) is 8.32. The van der Waals surface area contributed by atoms with Crippen LogP contribution in [-0.2, 0) is 14.3 Å². The van der Waals surface area contributed by atoms with Gasteiger partial charge in [-0.05, 0) is 70.9 Å². The molecule has 2 amide bonds. The summed E-state index contributed by atoms with van der Waals surface area (Å²) in [5.74, 6) is 0.282. The normalized spacial score (nSPS) is 18.2. The van der Waals surface area contributed by atoms with Crippen LogP contribution < -0.4 is 4.74 Å². The fourth-order valence-corrected chi connectivity index (χ4v) is 4.24. The summed E-state index contributed by atoms with van der Waals surface area (Å²) in [7, 11) is 4.06. The number of benzene rings is 1. The van der Waals surface area contributed by atoms with Gasteiger partial charge >= 0.3 is 0 Å². The molecule has 3 rings (SSSR count). The number of hydrogen-bond donors (Lipinski definition) is 0. The van der Waals surface area contributed by atoms with Crippen LogP contribution in [0.25, 0.3) is 5.57 Å². The number of nitrogens with zero attached hydrogens (tertiary/aromatic N) is 3. The molecule has 0 spiro atoms. The van der Waals surface area contributed by atoms with E-state index in [9.17, 15) is 9.59 Å². The molecule has 0 aliphatic carbocycles. The largest absolute Gasteiger partial charge is 0.494 e. The molecule has 1 aromatic rings. The van der Waals surface area contributed by atoms with Gasteiger partial charge in [-0.2, -0.15) is 0 Å². The van der Waals surface area contributed by atoms with Crippen molar-refractivity contribution >= 4 is 17.4 Å². The molecule has 0 saturated carbocycles. The molecule has 7 nitrogen and oxygen atoms in total. The van der Waals surface area contributed by atoms with Gasteiger partial charge in [0.25, 0.3) is 11.8 Å². The quantitative estimate of drug-likeness (QED) is 0.518. The Morgan fingerprint density at radius 1 is 1.06 bits per heavy atom. The summed E-state index contributed by atoms with van der Waals surface area (Å²) in [5, 5.41) is 0. The Morgan fingerprint density at radius 3 is 2.31 bits per heavy atom. The highest BCUT2D eigenvalue weighted by Gasteiger charge is 2.42. The second kappa shape index (κ2) is 11.0. The molecule has 0 atom stereocenters. The fourth-order valence-electron chi connectivity index (χ4n) is 4.24. The highest BCUT2D eigenvalue weighted by atomic mass is 16.5. The van der Waals surface area contributed by atoms with Crippen molar-refractivity contribution in [2.45, 2.75) is 52.2 Å². The first-order chi connectivity index (χ1) is 15.3. The Morgan fingerprint density at radius 2 is 1.72 bits per heavy atom. The molecule has 2 heterocycles. The molecule has 2 aliphatic rings. The summed E-state index contributed by atoms with van der Waals surface area (Å²) < 4.78 is 11.3. The van der Waals surface area contributed by atoms with Gasteiger partial charge in [0.05, 0.1) is 31.4 Å². The van der Waals surface area contributed by atoms with Gasteiger partial charge in [-0.15, -0.1) is 0 Å². The van der Waals surface area contributed by atoms with Crippen molar-refractivity contribution < 1.29 is 19.1 Å². The second-order valence-electron chi connectivity index (χ2n) is 8.92. The van der Waals surface area contributed by atoms with Crippen LogP contribution >= 0.6 is 0 Å². The maximum atomic E-state index is 13.4. The number of carbonyl (C=O) groups excluding carboxylic acids is 2. The van der Waals surface area contributed by atoms with Gasteiger partial charge in [0.15, 0.2) is 0 Å². The molecule has 0 aromatic heterocycles. The van der Waals surface area contributed by atoms with E-state index in [1.165, 1.54) is 4.90 Å². The lowest BCUT2D eigenvalue weighted by molar-refractivity contribution is -0.138. The molecule has 0 bridgehead atoms.